The van der Waals surface area contributed by atoms with Gasteiger partial charge in [-0.15, -0.1) is 11.3 Å². The van der Waals surface area contributed by atoms with Crippen molar-refractivity contribution < 1.29 is 14.0 Å². The Morgan fingerprint density at radius 2 is 1.92 bits per heavy atom. The number of benzene rings is 2. The van der Waals surface area contributed by atoms with Gasteiger partial charge in [0.05, 0.1) is 6.04 Å². The second-order valence-corrected chi connectivity index (χ2v) is 10.9. The Morgan fingerprint density at radius 3 is 2.70 bits per heavy atom. The number of hydrogen-bond acceptors (Lipinski definition) is 4. The lowest BCUT2D eigenvalue weighted by molar-refractivity contribution is -0.134. The number of carbonyl (C=O) groups is 2. The fraction of sp³-hybridized carbons (Fsp3) is 0.379. The average molecular weight is 521 g/mol. The highest BCUT2D eigenvalue weighted by Gasteiger charge is 2.32. The molecule has 3 aromatic rings. The minimum absolute atomic E-state index is 0.0422. The van der Waals surface area contributed by atoms with Crippen LogP contribution >= 0.6 is 11.3 Å². The molecule has 1 N–H and O–H groups in total. The number of halogens is 1. The van der Waals surface area contributed by atoms with Crippen LogP contribution in [0.5, 0.6) is 0 Å². The monoisotopic (exact) mass is 520 g/mol. The molecule has 0 radical (unpaired) electrons. The van der Waals surface area contributed by atoms with E-state index in [-0.39, 0.29) is 29.8 Å². The molecule has 2 aromatic carbocycles. The Balaban J connectivity index is 1.19. The summed E-state index contributed by atoms with van der Waals surface area (Å²) in [5.74, 6) is -0.144. The SMILES string of the molecule is Cc1ccccc1NC(=O)N1CCN(C(=O)CCN2CCc3sccc3C2c2cccc(F)c2)CC1C. The van der Waals surface area contributed by atoms with Gasteiger partial charge in [-0.2, -0.15) is 0 Å². The van der Waals surface area contributed by atoms with Crippen molar-refractivity contribution in [1.82, 2.24) is 14.7 Å². The second kappa shape index (κ2) is 11.0. The Morgan fingerprint density at radius 1 is 1.08 bits per heavy atom. The standard InChI is InChI=1S/C29H33FN4O2S/c1-20-6-3-4-9-25(20)31-29(36)34-16-15-33(19-21(34)2)27(35)11-14-32-13-10-26-24(12-17-37-26)28(32)22-7-5-8-23(30)18-22/h3-9,12,17-18,21,28H,10-11,13-16,19H2,1-2H3,(H,31,36). The summed E-state index contributed by atoms with van der Waals surface area (Å²) < 4.78 is 14.1. The molecule has 5 rings (SSSR count). The Hall–Kier alpha value is -3.23. The summed E-state index contributed by atoms with van der Waals surface area (Å²) in [6.07, 6.45) is 1.34. The number of piperazine rings is 1. The molecule has 2 atom stereocenters. The molecule has 3 amide bonds. The van der Waals surface area contributed by atoms with Gasteiger partial charge in [-0.3, -0.25) is 9.69 Å². The summed E-state index contributed by atoms with van der Waals surface area (Å²) in [4.78, 5) is 33.4. The number of carbonyl (C=O) groups excluding carboxylic acids is 2. The third-order valence-electron chi connectivity index (χ3n) is 7.47. The highest BCUT2D eigenvalue weighted by atomic mass is 32.1. The number of thiophene rings is 1. The van der Waals surface area contributed by atoms with E-state index in [1.807, 2.05) is 49.1 Å². The normalized spacial score (nSPS) is 20.0. The first-order valence-electron chi connectivity index (χ1n) is 12.9. The molecule has 2 aliphatic heterocycles. The van der Waals surface area contributed by atoms with Crippen molar-refractivity contribution in [3.8, 4) is 0 Å². The zero-order valence-electron chi connectivity index (χ0n) is 21.3. The molecular formula is C29H33FN4O2S. The predicted octanol–water partition coefficient (Wildman–Crippen LogP) is 5.30. The molecule has 2 aliphatic rings. The zero-order chi connectivity index (χ0) is 25.9. The van der Waals surface area contributed by atoms with Crippen LogP contribution < -0.4 is 5.32 Å². The Bertz CT molecular complexity index is 1280. The molecule has 8 heteroatoms. The number of para-hydroxylation sites is 1. The molecular weight excluding hydrogens is 487 g/mol. The van der Waals surface area contributed by atoms with E-state index < -0.39 is 0 Å². The lowest BCUT2D eigenvalue weighted by atomic mass is 9.93. The van der Waals surface area contributed by atoms with Crippen LogP contribution in [0.1, 0.15) is 41.0 Å². The van der Waals surface area contributed by atoms with Gasteiger partial charge in [0.2, 0.25) is 5.91 Å². The quantitative estimate of drug-likeness (QED) is 0.497. The van der Waals surface area contributed by atoms with Crippen LogP contribution in [-0.2, 0) is 11.2 Å². The maximum Gasteiger partial charge on any atom is 0.322 e. The van der Waals surface area contributed by atoms with E-state index in [0.29, 0.717) is 32.6 Å². The fourth-order valence-electron chi connectivity index (χ4n) is 5.46. The summed E-state index contributed by atoms with van der Waals surface area (Å²) in [5, 5.41) is 5.10. The second-order valence-electron chi connectivity index (χ2n) is 9.92. The number of rotatable bonds is 5. The van der Waals surface area contributed by atoms with Crippen LogP contribution in [0.15, 0.2) is 60.0 Å². The maximum atomic E-state index is 14.1. The van der Waals surface area contributed by atoms with Gasteiger partial charge >= 0.3 is 6.03 Å². The van der Waals surface area contributed by atoms with E-state index in [1.54, 1.807) is 28.4 Å². The van der Waals surface area contributed by atoms with Gasteiger partial charge in [0.25, 0.3) is 0 Å². The van der Waals surface area contributed by atoms with Crippen LogP contribution in [-0.4, -0.2) is 65.4 Å². The van der Waals surface area contributed by atoms with Crippen LogP contribution in [0.3, 0.4) is 0 Å². The van der Waals surface area contributed by atoms with Gasteiger partial charge in [-0.05, 0) is 66.6 Å². The molecule has 0 spiro atoms. The van der Waals surface area contributed by atoms with Crippen LogP contribution in [0.25, 0.3) is 0 Å². The van der Waals surface area contributed by atoms with Crippen molar-refractivity contribution in [2.75, 3.05) is 38.0 Å². The van der Waals surface area contributed by atoms with E-state index in [1.165, 1.54) is 16.5 Å². The number of aryl methyl sites for hydroxylation is 1. The topological polar surface area (TPSA) is 55.9 Å². The maximum absolute atomic E-state index is 14.1. The van der Waals surface area contributed by atoms with Gasteiger partial charge in [-0.1, -0.05) is 30.3 Å². The van der Waals surface area contributed by atoms with Crippen molar-refractivity contribution in [2.45, 2.75) is 38.8 Å². The third kappa shape index (κ3) is 5.55. The van der Waals surface area contributed by atoms with Gasteiger partial charge in [0.15, 0.2) is 0 Å². The molecule has 1 fully saturated rings. The fourth-order valence-corrected chi connectivity index (χ4v) is 6.36. The summed E-state index contributed by atoms with van der Waals surface area (Å²) in [5.41, 5.74) is 3.97. The number of hydrogen-bond donors (Lipinski definition) is 1. The Kier molecular flexibility index (Phi) is 7.58. The number of nitrogens with zero attached hydrogens (tertiary/aromatic N) is 3. The molecule has 194 valence electrons. The zero-order valence-corrected chi connectivity index (χ0v) is 22.1. The molecule has 6 nitrogen and oxygen atoms in total. The van der Waals surface area contributed by atoms with Crippen molar-refractivity contribution in [2.24, 2.45) is 0 Å². The summed E-state index contributed by atoms with van der Waals surface area (Å²) >= 11 is 1.75. The Labute approximate surface area is 221 Å². The van der Waals surface area contributed by atoms with Crippen LogP contribution in [0.2, 0.25) is 0 Å². The van der Waals surface area contributed by atoms with Gasteiger partial charge in [0, 0.05) is 55.8 Å². The number of fused-ring (bicyclic) bond motifs is 1. The van der Waals surface area contributed by atoms with Crippen LogP contribution in [0, 0.1) is 12.7 Å². The van der Waals surface area contributed by atoms with E-state index in [0.717, 1.165) is 29.8 Å². The third-order valence-corrected chi connectivity index (χ3v) is 8.47. The molecule has 3 heterocycles. The molecule has 0 saturated carbocycles. The van der Waals surface area contributed by atoms with Crippen molar-refractivity contribution in [1.29, 1.82) is 0 Å². The minimum Gasteiger partial charge on any atom is -0.339 e. The first-order valence-corrected chi connectivity index (χ1v) is 13.8. The van der Waals surface area contributed by atoms with Gasteiger partial charge in [-0.25, -0.2) is 9.18 Å². The number of urea groups is 1. The van der Waals surface area contributed by atoms with Gasteiger partial charge < -0.3 is 15.1 Å². The van der Waals surface area contributed by atoms with Gasteiger partial charge in [0.1, 0.15) is 5.82 Å². The molecule has 1 saturated heterocycles. The highest BCUT2D eigenvalue weighted by Crippen LogP contribution is 2.38. The molecule has 0 bridgehead atoms. The summed E-state index contributed by atoms with van der Waals surface area (Å²) in [6, 6.07) is 16.4. The smallest absolute Gasteiger partial charge is 0.322 e. The lowest BCUT2D eigenvalue weighted by Crippen LogP contribution is -2.56. The predicted molar refractivity (Wildman–Crippen MR) is 145 cm³/mol. The highest BCUT2D eigenvalue weighted by molar-refractivity contribution is 7.10. The number of amides is 3. The van der Waals surface area contributed by atoms with E-state index in [2.05, 4.69) is 21.7 Å². The summed E-state index contributed by atoms with van der Waals surface area (Å²) in [7, 11) is 0. The average Bonchev–Trinajstić information content (AvgIpc) is 3.37. The number of anilines is 1. The minimum atomic E-state index is -0.241. The molecule has 37 heavy (non-hydrogen) atoms. The lowest BCUT2D eigenvalue weighted by Gasteiger charge is -2.40. The van der Waals surface area contributed by atoms with Crippen molar-refractivity contribution in [3.05, 3.63) is 87.4 Å². The molecule has 2 unspecified atom stereocenters. The van der Waals surface area contributed by atoms with Crippen molar-refractivity contribution in [3.63, 3.8) is 0 Å². The van der Waals surface area contributed by atoms with E-state index in [4.69, 9.17) is 0 Å². The first-order chi connectivity index (χ1) is 17.9. The van der Waals surface area contributed by atoms with Crippen molar-refractivity contribution >= 4 is 29.0 Å². The first kappa shape index (κ1) is 25.4. The molecule has 0 aliphatic carbocycles. The van der Waals surface area contributed by atoms with Crippen LogP contribution in [0.4, 0.5) is 14.9 Å². The largest absolute Gasteiger partial charge is 0.339 e. The molecule has 1 aromatic heterocycles. The van der Waals surface area contributed by atoms with E-state index >= 15 is 0 Å². The summed E-state index contributed by atoms with van der Waals surface area (Å²) in [6.45, 7) is 6.94. The number of nitrogens with one attached hydrogen (secondary N) is 1. The van der Waals surface area contributed by atoms with E-state index in [9.17, 15) is 14.0 Å².